The number of aryl methyl sites for hydroxylation is 1. The normalized spacial score (nSPS) is 22.8. The van der Waals surface area contributed by atoms with Crippen molar-refractivity contribution in [3.8, 4) is 5.75 Å². The molecule has 2 atom stereocenters. The number of ether oxygens (including phenoxy) is 1. The summed E-state index contributed by atoms with van der Waals surface area (Å²) in [7, 11) is 0. The van der Waals surface area contributed by atoms with E-state index in [1.807, 2.05) is 19.1 Å². The third-order valence-electron chi connectivity index (χ3n) is 6.83. The summed E-state index contributed by atoms with van der Waals surface area (Å²) in [5.41, 5.74) is 4.48. The maximum absolute atomic E-state index is 14.0. The van der Waals surface area contributed by atoms with Crippen molar-refractivity contribution in [1.29, 1.82) is 0 Å². The maximum atomic E-state index is 14.0. The van der Waals surface area contributed by atoms with Gasteiger partial charge in [0, 0.05) is 25.6 Å². The van der Waals surface area contributed by atoms with E-state index in [4.69, 9.17) is 4.74 Å². The van der Waals surface area contributed by atoms with E-state index in [0.717, 1.165) is 35.5 Å². The molecule has 3 heteroatoms. The van der Waals surface area contributed by atoms with Crippen LogP contribution in [0.15, 0.2) is 72.8 Å². The first-order valence-electron chi connectivity index (χ1n) is 11.2. The van der Waals surface area contributed by atoms with E-state index in [9.17, 15) is 4.79 Å². The highest BCUT2D eigenvalue weighted by Crippen LogP contribution is 2.50. The zero-order valence-corrected chi connectivity index (χ0v) is 18.5. The van der Waals surface area contributed by atoms with Crippen molar-refractivity contribution in [2.45, 2.75) is 44.8 Å². The Labute approximate surface area is 184 Å². The summed E-state index contributed by atoms with van der Waals surface area (Å²) in [6.07, 6.45) is 0. The van der Waals surface area contributed by atoms with Gasteiger partial charge in [-0.2, -0.15) is 0 Å². The SMILES string of the molecule is Cc1ccc(C(C)C)c2c1C(=O)[C@]1(CN(Cc3ccccc3)C[C@@H]1c1ccccc1)O2. The van der Waals surface area contributed by atoms with Crippen LogP contribution in [0, 0.1) is 6.92 Å². The number of rotatable bonds is 4. The van der Waals surface area contributed by atoms with Crippen LogP contribution in [-0.2, 0) is 6.54 Å². The van der Waals surface area contributed by atoms with Gasteiger partial charge < -0.3 is 4.74 Å². The highest BCUT2D eigenvalue weighted by Gasteiger charge is 2.59. The first kappa shape index (κ1) is 20.0. The molecule has 2 aliphatic heterocycles. The van der Waals surface area contributed by atoms with Crippen LogP contribution < -0.4 is 4.74 Å². The topological polar surface area (TPSA) is 29.5 Å². The molecule has 0 radical (unpaired) electrons. The summed E-state index contributed by atoms with van der Waals surface area (Å²) < 4.78 is 6.78. The molecule has 158 valence electrons. The smallest absolute Gasteiger partial charge is 0.212 e. The number of hydrogen-bond donors (Lipinski definition) is 0. The minimum Gasteiger partial charge on any atom is -0.476 e. The van der Waals surface area contributed by atoms with E-state index in [-0.39, 0.29) is 11.7 Å². The van der Waals surface area contributed by atoms with Crippen molar-refractivity contribution in [3.05, 3.63) is 101 Å². The third-order valence-corrected chi connectivity index (χ3v) is 6.83. The predicted octanol–water partition coefficient (Wildman–Crippen LogP) is 5.73. The highest BCUT2D eigenvalue weighted by molar-refractivity contribution is 6.10. The number of fused-ring (bicyclic) bond motifs is 1. The van der Waals surface area contributed by atoms with Crippen LogP contribution in [0.3, 0.4) is 0 Å². The summed E-state index contributed by atoms with van der Waals surface area (Å²) in [6.45, 7) is 8.57. The fraction of sp³-hybridized carbons (Fsp3) is 0.321. The van der Waals surface area contributed by atoms with Crippen molar-refractivity contribution in [1.82, 2.24) is 4.90 Å². The highest BCUT2D eigenvalue weighted by atomic mass is 16.5. The summed E-state index contributed by atoms with van der Waals surface area (Å²) in [5.74, 6) is 1.25. The van der Waals surface area contributed by atoms with Gasteiger partial charge in [0.2, 0.25) is 5.78 Å². The molecule has 2 heterocycles. The number of carbonyl (C=O) groups excluding carboxylic acids is 1. The Balaban J connectivity index is 1.58. The standard InChI is InChI=1S/C28H29NO2/c1-19(2)23-15-14-20(3)25-26(23)31-28(27(25)30)18-29(16-21-10-6-4-7-11-21)17-24(28)22-12-8-5-9-13-22/h4-15,19,24H,16-18H2,1-3H3/t24-,28-/m1/s1. The second-order valence-corrected chi connectivity index (χ2v) is 9.27. The molecule has 0 aliphatic carbocycles. The molecular weight excluding hydrogens is 382 g/mol. The number of hydrogen-bond acceptors (Lipinski definition) is 3. The van der Waals surface area contributed by atoms with Gasteiger partial charge in [-0.25, -0.2) is 0 Å². The predicted molar refractivity (Wildman–Crippen MR) is 124 cm³/mol. The molecule has 0 amide bonds. The van der Waals surface area contributed by atoms with Crippen LogP contribution in [0.1, 0.15) is 58.3 Å². The molecular formula is C28H29NO2. The van der Waals surface area contributed by atoms with Gasteiger partial charge in [-0.05, 0) is 35.1 Å². The quantitative estimate of drug-likeness (QED) is 0.549. The molecule has 3 aromatic rings. The average Bonchev–Trinajstić information content (AvgIpc) is 3.27. The summed E-state index contributed by atoms with van der Waals surface area (Å²) in [4.78, 5) is 16.4. The largest absolute Gasteiger partial charge is 0.476 e. The van der Waals surface area contributed by atoms with Crippen LogP contribution in [0.2, 0.25) is 0 Å². The summed E-state index contributed by atoms with van der Waals surface area (Å²) in [6, 6.07) is 25.1. The number of Topliss-reactive ketones (excluding diaryl/α,β-unsaturated/α-hetero) is 1. The molecule has 5 rings (SSSR count). The van der Waals surface area contributed by atoms with E-state index in [0.29, 0.717) is 12.5 Å². The Hall–Kier alpha value is -2.91. The molecule has 0 aromatic heterocycles. The second kappa shape index (κ2) is 7.65. The van der Waals surface area contributed by atoms with Crippen LogP contribution in [0.4, 0.5) is 0 Å². The molecule has 31 heavy (non-hydrogen) atoms. The Morgan fingerprint density at radius 1 is 1.00 bits per heavy atom. The molecule has 0 N–H and O–H groups in total. The number of likely N-dealkylation sites (tertiary alicyclic amines) is 1. The Morgan fingerprint density at radius 3 is 2.35 bits per heavy atom. The molecule has 1 spiro atoms. The van der Waals surface area contributed by atoms with Crippen LogP contribution in [0.5, 0.6) is 5.75 Å². The average molecular weight is 412 g/mol. The van der Waals surface area contributed by atoms with E-state index in [1.54, 1.807) is 0 Å². The second-order valence-electron chi connectivity index (χ2n) is 9.27. The molecule has 3 nitrogen and oxygen atoms in total. The van der Waals surface area contributed by atoms with Crippen molar-refractivity contribution < 1.29 is 9.53 Å². The van der Waals surface area contributed by atoms with Crippen molar-refractivity contribution in [2.75, 3.05) is 13.1 Å². The molecule has 0 unspecified atom stereocenters. The van der Waals surface area contributed by atoms with Gasteiger partial charge in [-0.1, -0.05) is 86.6 Å². The van der Waals surface area contributed by atoms with Crippen LogP contribution >= 0.6 is 0 Å². The third kappa shape index (κ3) is 3.28. The number of nitrogens with zero attached hydrogens (tertiary/aromatic N) is 1. The molecule has 2 aliphatic rings. The lowest BCUT2D eigenvalue weighted by Crippen LogP contribution is -2.47. The summed E-state index contributed by atoms with van der Waals surface area (Å²) >= 11 is 0. The maximum Gasteiger partial charge on any atom is 0.212 e. The fourth-order valence-corrected chi connectivity index (χ4v) is 5.25. The Bertz CT molecular complexity index is 1110. The lowest BCUT2D eigenvalue weighted by molar-refractivity contribution is 0.0531. The van der Waals surface area contributed by atoms with E-state index >= 15 is 0 Å². The lowest BCUT2D eigenvalue weighted by Gasteiger charge is -2.29. The van der Waals surface area contributed by atoms with Crippen LogP contribution in [-0.4, -0.2) is 29.4 Å². The van der Waals surface area contributed by atoms with Crippen molar-refractivity contribution in [2.24, 2.45) is 0 Å². The molecule has 0 saturated carbocycles. The van der Waals surface area contributed by atoms with Gasteiger partial charge in [-0.15, -0.1) is 0 Å². The Kier molecular flexibility index (Phi) is 4.94. The molecule has 0 bridgehead atoms. The van der Waals surface area contributed by atoms with Crippen molar-refractivity contribution in [3.63, 3.8) is 0 Å². The van der Waals surface area contributed by atoms with Crippen LogP contribution in [0.25, 0.3) is 0 Å². The van der Waals surface area contributed by atoms with Gasteiger partial charge >= 0.3 is 0 Å². The number of ketones is 1. The van der Waals surface area contributed by atoms with E-state index in [2.05, 4.69) is 79.4 Å². The fourth-order valence-electron chi connectivity index (χ4n) is 5.25. The van der Waals surface area contributed by atoms with Gasteiger partial charge in [0.25, 0.3) is 0 Å². The first-order valence-corrected chi connectivity index (χ1v) is 11.2. The zero-order valence-electron chi connectivity index (χ0n) is 18.5. The monoisotopic (exact) mass is 411 g/mol. The molecule has 3 aromatic carbocycles. The van der Waals surface area contributed by atoms with Gasteiger partial charge in [0.05, 0.1) is 5.56 Å². The number of carbonyl (C=O) groups is 1. The minimum absolute atomic E-state index is 0.00303. The molecule has 1 fully saturated rings. The van der Waals surface area contributed by atoms with Crippen molar-refractivity contribution >= 4 is 5.78 Å². The van der Waals surface area contributed by atoms with Gasteiger partial charge in [0.15, 0.2) is 5.60 Å². The number of benzene rings is 3. The minimum atomic E-state index is -0.867. The van der Waals surface area contributed by atoms with Gasteiger partial charge in [0.1, 0.15) is 5.75 Å². The van der Waals surface area contributed by atoms with E-state index < -0.39 is 5.60 Å². The lowest BCUT2D eigenvalue weighted by atomic mass is 9.80. The summed E-state index contributed by atoms with van der Waals surface area (Å²) in [5, 5.41) is 0. The first-order chi connectivity index (χ1) is 15.0. The van der Waals surface area contributed by atoms with E-state index in [1.165, 1.54) is 11.1 Å². The van der Waals surface area contributed by atoms with Gasteiger partial charge in [-0.3, -0.25) is 9.69 Å². The molecule has 1 saturated heterocycles. The Morgan fingerprint density at radius 2 is 1.68 bits per heavy atom. The zero-order chi connectivity index (χ0) is 21.6.